The smallest absolute Gasteiger partial charge is 0.227 e. The van der Waals surface area contributed by atoms with Crippen molar-refractivity contribution in [2.75, 3.05) is 40.1 Å². The van der Waals surface area contributed by atoms with E-state index < -0.39 is 39.2 Å². The first-order chi connectivity index (χ1) is 58.3. The molecule has 3 aliphatic rings. The summed E-state index contributed by atoms with van der Waals surface area (Å²) in [4.78, 5) is 8.86. The molecular formula is C98H125Cl5N14O14. The van der Waals surface area contributed by atoms with E-state index in [1.54, 1.807) is 158 Å². The molecule has 3 aliphatic carbocycles. The van der Waals surface area contributed by atoms with Gasteiger partial charge in [-0.1, -0.05) is 182 Å². The summed E-state index contributed by atoms with van der Waals surface area (Å²) in [6.45, 7) is 25.2. The van der Waals surface area contributed by atoms with E-state index in [0.29, 0.717) is 189 Å². The van der Waals surface area contributed by atoms with Gasteiger partial charge in [0.15, 0.2) is 44.9 Å². The second-order valence-electron chi connectivity index (χ2n) is 35.3. The first-order valence-corrected chi connectivity index (χ1v) is 42.1. The van der Waals surface area contributed by atoms with Crippen LogP contribution < -0.4 is 40.1 Å². The molecule has 0 unspecified atom stereocenters. The van der Waals surface area contributed by atoms with Crippen LogP contribution >= 0.6 is 58.0 Å². The lowest BCUT2D eigenvalue weighted by atomic mass is 9.94. The van der Waals surface area contributed by atoms with Gasteiger partial charge in [0, 0.05) is 96.7 Å². The molecule has 3 fully saturated rings. The van der Waals surface area contributed by atoms with Gasteiger partial charge in [0.2, 0.25) is 11.8 Å². The number of nitrogen functional groups attached to an aromatic ring is 7. The van der Waals surface area contributed by atoms with Crippen LogP contribution in [0.25, 0.3) is 100.0 Å². The van der Waals surface area contributed by atoms with Gasteiger partial charge in [0.05, 0.1) is 103 Å². The average molecular weight is 1900 g/mol. The molecule has 9 aromatic carbocycles. The Hall–Kier alpha value is -11.0. The van der Waals surface area contributed by atoms with E-state index in [2.05, 4.69) is 35.8 Å². The van der Waals surface area contributed by atoms with Gasteiger partial charge < -0.3 is 107 Å². The summed E-state index contributed by atoms with van der Waals surface area (Å²) in [6, 6.07) is 36.6. The summed E-state index contributed by atoms with van der Waals surface area (Å²) in [6.07, 6.45) is 6.71. The zero-order chi connectivity index (χ0) is 91.2. The lowest BCUT2D eigenvalue weighted by Gasteiger charge is -2.21. The van der Waals surface area contributed by atoms with Crippen molar-refractivity contribution in [1.82, 2.24) is 35.8 Å². The van der Waals surface area contributed by atoms with Crippen molar-refractivity contribution >= 4 is 175 Å². The number of halogens is 5. The molecule has 28 nitrogen and oxygen atoms in total. The Balaban J connectivity index is 0.000000208. The zero-order valence-corrected chi connectivity index (χ0v) is 75.4. The quantitative estimate of drug-likeness (QED) is 0.0505. The minimum absolute atomic E-state index is 0. The van der Waals surface area contributed by atoms with Gasteiger partial charge in [-0.05, 0) is 215 Å². The van der Waals surface area contributed by atoms with E-state index in [4.69, 9.17) is 130 Å². The summed E-state index contributed by atoms with van der Waals surface area (Å²) >= 11 is 31.7. The molecule has 131 heavy (non-hydrogen) atoms. The van der Waals surface area contributed by atoms with Gasteiger partial charge in [-0.2, -0.15) is 0 Å². The van der Waals surface area contributed by atoms with Gasteiger partial charge in [0.1, 0.15) is 22.3 Å². The van der Waals surface area contributed by atoms with Gasteiger partial charge >= 0.3 is 0 Å². The largest absolute Gasteiger partial charge is 0.434 e. The fourth-order valence-electron chi connectivity index (χ4n) is 14.9. The molecule has 3 saturated carbocycles. The number of aliphatic hydroxyl groups is 7. The Morgan fingerprint density at radius 1 is 0.328 bits per heavy atom. The predicted octanol–water partition coefficient (Wildman–Crippen LogP) is 24.8. The number of benzene rings is 9. The Kier molecular flexibility index (Phi) is 32.9. The molecule has 0 aliphatic heterocycles. The van der Waals surface area contributed by atoms with Crippen LogP contribution in [0.1, 0.15) is 259 Å². The Morgan fingerprint density at radius 3 is 1.19 bits per heavy atom. The molecule has 0 atom stereocenters. The molecule has 7 aromatic heterocycles. The van der Waals surface area contributed by atoms with Crippen molar-refractivity contribution in [2.45, 2.75) is 244 Å². The number of oxazole rings is 2. The van der Waals surface area contributed by atoms with Crippen molar-refractivity contribution < 1.29 is 67.2 Å². The van der Waals surface area contributed by atoms with Gasteiger partial charge in [0.25, 0.3) is 0 Å². The molecular weight excluding hydrogens is 1770 g/mol. The Morgan fingerprint density at radius 2 is 0.718 bits per heavy atom. The van der Waals surface area contributed by atoms with E-state index in [1.807, 2.05) is 67.6 Å². The van der Waals surface area contributed by atoms with Crippen LogP contribution in [0, 0.1) is 6.92 Å². The van der Waals surface area contributed by atoms with E-state index >= 15 is 0 Å². The van der Waals surface area contributed by atoms with Crippen molar-refractivity contribution in [3.8, 4) is 22.9 Å². The molecule has 21 N–H and O–H groups in total. The zero-order valence-electron chi connectivity index (χ0n) is 71.6. The molecule has 16 aromatic rings. The maximum atomic E-state index is 10.2. The number of aryl methyl sites for hydroxylation is 1. The van der Waals surface area contributed by atoms with Crippen molar-refractivity contribution in [3.63, 3.8) is 0 Å². The minimum atomic E-state index is -1.16. The molecule has 33 heteroatoms. The summed E-state index contributed by atoms with van der Waals surface area (Å²) < 4.78 is 37.6. The first-order valence-electron chi connectivity index (χ1n) is 40.2. The highest BCUT2D eigenvalue weighted by atomic mass is 35.5. The highest BCUT2D eigenvalue weighted by Crippen LogP contribution is 2.52. The third kappa shape index (κ3) is 22.9. The third-order valence-corrected chi connectivity index (χ3v) is 22.9. The molecule has 0 bridgehead atoms. The predicted molar refractivity (Wildman–Crippen MR) is 533 cm³/mol. The van der Waals surface area contributed by atoms with E-state index in [9.17, 15) is 35.7 Å². The number of nitrogens with two attached hydrogens (primary N) is 7. The molecule has 706 valence electrons. The third-order valence-electron chi connectivity index (χ3n) is 21.1. The summed E-state index contributed by atoms with van der Waals surface area (Å²) in [7, 11) is 0. The van der Waals surface area contributed by atoms with Crippen LogP contribution in [0.4, 0.5) is 39.9 Å². The number of nitrogens with zero attached hydrogens (tertiary/aromatic N) is 7. The van der Waals surface area contributed by atoms with Crippen LogP contribution in [-0.4, -0.2) is 71.5 Å². The normalized spacial score (nSPS) is 13.3. The number of aromatic nitrogens is 7. The second-order valence-corrected chi connectivity index (χ2v) is 37.2. The topological polar surface area (TPSA) is 506 Å². The van der Waals surface area contributed by atoms with Crippen LogP contribution in [-0.2, 0) is 39.2 Å². The number of hydrogen-bond donors (Lipinski definition) is 14. The minimum Gasteiger partial charge on any atom is -0.434 e. The molecule has 0 amide bonds. The Labute approximate surface area is 788 Å². The lowest BCUT2D eigenvalue weighted by Crippen LogP contribution is -2.18. The fourth-order valence-corrected chi connectivity index (χ4v) is 17.2. The standard InChI is InChI=1S/C17H17ClN2O2.C16H15ClN2O2.3C13H15ClN2O2.2C10H12N2O2.6CH4/c1-9-4-6-10(7-5-9)16-20-12-8-11(19)13(17(2,3)21)14(18)15(12)22-16;1-16(2,20)12-10(18)8-11-14(13(12)17)21-15(19-11)9-6-4-3-5-7-9;1-13(2,17)9-8(15)5-7-11(6-3-4-6)16-18-12(7)10(9)14;1-13(2,17)10-7(15)5-8-9(11(10)14)12(16-18-8)6-3-4-6;1-13(2,17)10-8(15)5-7(14)9-11(6-3-4-6)16-18-12(9)10;1-10(2,13)9-8-6(11)4-3-5-7(8)14-12-9;1-10(2,13)6-4-3-5-7-8(6)9(11)12-14-7;;;;;;/h4-8,21H,19H2,1-3H3;3-8,20H,18H2,1-2H3;3*5-6,17H,3-4,15H2,1-2H3;3-5,13H,11H2,1-2H3;3-5,13H,1-2H3,(H2,11,12);6*1H4. The van der Waals surface area contributed by atoms with Crippen molar-refractivity contribution in [3.05, 3.63) is 208 Å². The summed E-state index contributed by atoms with van der Waals surface area (Å²) in [5.41, 5.74) is 50.6. The summed E-state index contributed by atoms with van der Waals surface area (Å²) in [5, 5.41) is 96.2. The maximum Gasteiger partial charge on any atom is 0.227 e. The fraction of sp³-hybridized carbons (Fsp3) is 0.378. The second kappa shape index (κ2) is 40.2. The van der Waals surface area contributed by atoms with Crippen LogP contribution in [0.2, 0.25) is 25.1 Å². The first kappa shape index (κ1) is 107. The van der Waals surface area contributed by atoms with Gasteiger partial charge in [-0.3, -0.25) is 0 Å². The van der Waals surface area contributed by atoms with Crippen molar-refractivity contribution in [1.29, 1.82) is 0 Å². The number of fused-ring (bicyclic) bond motifs is 7. The number of hydrogen-bond acceptors (Lipinski definition) is 28. The summed E-state index contributed by atoms with van der Waals surface area (Å²) in [5.74, 6) is 2.60. The molecule has 7 heterocycles. The highest BCUT2D eigenvalue weighted by Gasteiger charge is 2.38. The lowest BCUT2D eigenvalue weighted by molar-refractivity contribution is 0.0714. The number of anilines is 7. The van der Waals surface area contributed by atoms with E-state index in [-0.39, 0.29) is 44.6 Å². The maximum absolute atomic E-state index is 10.2. The van der Waals surface area contributed by atoms with Crippen molar-refractivity contribution in [2.24, 2.45) is 0 Å². The van der Waals surface area contributed by atoms with Crippen LogP contribution in [0.5, 0.6) is 0 Å². The SMILES string of the molecule is C.C.C.C.C.C.CC(C)(O)c1c(N)cc(Cl)c2c(C3CC3)noc12.CC(C)(O)c1c(N)cc2c(C3CC3)noc2c1Cl.CC(C)(O)c1c(N)cc2nc(-c3ccccc3)oc2c1Cl.CC(C)(O)c1c(N)cc2onc(C3CC3)c2c1Cl.CC(C)(O)c1cccc2onc(N)c12.CC(C)(O)c1noc2cccc(N)c12.Cc1ccc(-c2nc3cc(N)c(C(C)(C)O)c(Cl)c3o2)cc1. The number of rotatable bonds is 12. The van der Waals surface area contributed by atoms with Crippen LogP contribution in [0.15, 0.2) is 153 Å². The van der Waals surface area contributed by atoms with E-state index in [0.717, 1.165) is 94.0 Å². The Bertz CT molecular complexity index is 6680. The van der Waals surface area contributed by atoms with Gasteiger partial charge in [-0.15, -0.1) is 0 Å². The molecule has 19 rings (SSSR count). The molecule has 0 radical (unpaired) electrons. The molecule has 0 saturated heterocycles. The highest BCUT2D eigenvalue weighted by molar-refractivity contribution is 6.38. The average Bonchev–Trinajstić information content (AvgIpc) is 1.62. The van der Waals surface area contributed by atoms with Gasteiger partial charge in [-0.25, -0.2) is 9.97 Å². The van der Waals surface area contributed by atoms with Crippen LogP contribution in [0.3, 0.4) is 0 Å². The van der Waals surface area contributed by atoms with E-state index in [1.165, 1.54) is 0 Å². The molecule has 0 spiro atoms. The monoisotopic (exact) mass is 1900 g/mol.